The number of hydrogen-bond donors (Lipinski definition) is 1. The smallest absolute Gasteiger partial charge is 0.00703 e. The first kappa shape index (κ1) is 11.0. The zero-order chi connectivity index (χ0) is 9.84. The van der Waals surface area contributed by atoms with Crippen molar-refractivity contribution in [1.82, 2.24) is 5.32 Å². The third-order valence-electron chi connectivity index (χ3n) is 3.35. The van der Waals surface area contributed by atoms with Gasteiger partial charge in [-0.2, -0.15) is 0 Å². The number of hydrogen-bond acceptors (Lipinski definition) is 1. The Morgan fingerprint density at radius 3 is 2.62 bits per heavy atom. The maximum absolute atomic E-state index is 3.61. The van der Waals surface area contributed by atoms with Gasteiger partial charge in [0.1, 0.15) is 0 Å². The molecule has 1 heterocycles. The summed E-state index contributed by atoms with van der Waals surface area (Å²) in [5.41, 5.74) is 0. The highest BCUT2D eigenvalue weighted by Gasteiger charge is 2.32. The molecule has 0 spiro atoms. The fourth-order valence-electron chi connectivity index (χ4n) is 2.68. The second kappa shape index (κ2) is 4.99. The predicted molar refractivity (Wildman–Crippen MR) is 58.8 cm³/mol. The first-order valence-corrected chi connectivity index (χ1v) is 5.88. The van der Waals surface area contributed by atoms with Crippen molar-refractivity contribution in [3.8, 4) is 0 Å². The number of nitrogens with one attached hydrogen (secondary N) is 1. The van der Waals surface area contributed by atoms with E-state index in [1.807, 2.05) is 0 Å². The highest BCUT2D eigenvalue weighted by atomic mass is 15.0. The molecule has 0 aliphatic carbocycles. The lowest BCUT2D eigenvalue weighted by molar-refractivity contribution is 0.296. The van der Waals surface area contributed by atoms with Gasteiger partial charge in [-0.05, 0) is 44.1 Å². The Bertz CT molecular complexity index is 140. The van der Waals surface area contributed by atoms with E-state index in [4.69, 9.17) is 0 Å². The summed E-state index contributed by atoms with van der Waals surface area (Å²) in [7, 11) is 0. The van der Waals surface area contributed by atoms with Gasteiger partial charge >= 0.3 is 0 Å². The van der Waals surface area contributed by atoms with Crippen LogP contribution in [0.1, 0.15) is 47.0 Å². The van der Waals surface area contributed by atoms with Gasteiger partial charge in [-0.15, -0.1) is 0 Å². The van der Waals surface area contributed by atoms with Gasteiger partial charge in [0.2, 0.25) is 0 Å². The minimum Gasteiger partial charge on any atom is -0.314 e. The minimum absolute atomic E-state index is 0.749. The Kier molecular flexibility index (Phi) is 4.24. The summed E-state index contributed by atoms with van der Waals surface area (Å²) in [4.78, 5) is 0. The molecule has 1 fully saturated rings. The van der Waals surface area contributed by atoms with Crippen molar-refractivity contribution >= 4 is 0 Å². The topological polar surface area (TPSA) is 12.0 Å². The fourth-order valence-corrected chi connectivity index (χ4v) is 2.68. The summed E-state index contributed by atoms with van der Waals surface area (Å²) in [6.45, 7) is 10.6. The van der Waals surface area contributed by atoms with Crippen molar-refractivity contribution in [3.05, 3.63) is 0 Å². The third-order valence-corrected chi connectivity index (χ3v) is 3.35. The van der Waals surface area contributed by atoms with E-state index in [0.717, 1.165) is 23.8 Å². The molecule has 3 atom stereocenters. The molecule has 2 unspecified atom stereocenters. The van der Waals surface area contributed by atoms with E-state index in [1.165, 1.54) is 25.8 Å². The summed E-state index contributed by atoms with van der Waals surface area (Å²) in [6, 6.07) is 0.749. The molecule has 1 aliphatic rings. The maximum atomic E-state index is 3.61. The quantitative estimate of drug-likeness (QED) is 0.706. The normalized spacial score (nSPS) is 34.4. The minimum atomic E-state index is 0.749. The molecule has 0 bridgehead atoms. The molecule has 0 amide bonds. The van der Waals surface area contributed by atoms with Crippen molar-refractivity contribution in [2.75, 3.05) is 6.54 Å². The van der Waals surface area contributed by atoms with Gasteiger partial charge in [0.05, 0.1) is 0 Å². The maximum Gasteiger partial charge on any atom is 0.00703 e. The molecule has 13 heavy (non-hydrogen) atoms. The first-order valence-electron chi connectivity index (χ1n) is 5.88. The standard InChI is InChI=1S/C12H25N/c1-5-6-11-8-13-10(4)12(11)7-9(2)3/h9-13H,5-8H2,1-4H3/t10?,11-,12?/m0/s1. The Morgan fingerprint density at radius 2 is 2.08 bits per heavy atom. The van der Waals surface area contributed by atoms with Gasteiger partial charge in [-0.1, -0.05) is 27.2 Å². The summed E-state index contributed by atoms with van der Waals surface area (Å²) < 4.78 is 0. The van der Waals surface area contributed by atoms with Crippen LogP contribution >= 0.6 is 0 Å². The molecular formula is C12H25N. The van der Waals surface area contributed by atoms with Crippen LogP contribution in [0.15, 0.2) is 0 Å². The zero-order valence-corrected chi connectivity index (χ0v) is 9.64. The van der Waals surface area contributed by atoms with Crippen LogP contribution in [-0.2, 0) is 0 Å². The average molecular weight is 183 g/mol. The molecule has 1 rings (SSSR count). The fraction of sp³-hybridized carbons (Fsp3) is 1.00. The Balaban J connectivity index is 2.44. The molecule has 0 aromatic heterocycles. The molecular weight excluding hydrogens is 158 g/mol. The summed E-state index contributed by atoms with van der Waals surface area (Å²) in [5, 5.41) is 3.61. The van der Waals surface area contributed by atoms with E-state index < -0.39 is 0 Å². The molecule has 1 aliphatic heterocycles. The van der Waals surface area contributed by atoms with Crippen LogP contribution < -0.4 is 5.32 Å². The first-order chi connectivity index (χ1) is 6.15. The van der Waals surface area contributed by atoms with E-state index in [0.29, 0.717) is 0 Å². The molecule has 0 saturated carbocycles. The summed E-state index contributed by atoms with van der Waals surface area (Å²) in [6.07, 6.45) is 4.15. The van der Waals surface area contributed by atoms with Crippen LogP contribution in [0.2, 0.25) is 0 Å². The van der Waals surface area contributed by atoms with Crippen molar-refractivity contribution in [2.45, 2.75) is 53.0 Å². The van der Waals surface area contributed by atoms with E-state index in [-0.39, 0.29) is 0 Å². The van der Waals surface area contributed by atoms with Crippen LogP contribution in [0.3, 0.4) is 0 Å². The van der Waals surface area contributed by atoms with Crippen molar-refractivity contribution in [3.63, 3.8) is 0 Å². The lowest BCUT2D eigenvalue weighted by Gasteiger charge is -2.23. The van der Waals surface area contributed by atoms with E-state index in [9.17, 15) is 0 Å². The number of rotatable bonds is 4. The molecule has 1 nitrogen and oxygen atoms in total. The van der Waals surface area contributed by atoms with Gasteiger partial charge in [-0.25, -0.2) is 0 Å². The van der Waals surface area contributed by atoms with Gasteiger partial charge in [0.25, 0.3) is 0 Å². The average Bonchev–Trinajstić information content (AvgIpc) is 2.36. The second-order valence-electron chi connectivity index (χ2n) is 5.04. The monoisotopic (exact) mass is 183 g/mol. The van der Waals surface area contributed by atoms with Crippen LogP contribution in [0.25, 0.3) is 0 Å². The summed E-state index contributed by atoms with van der Waals surface area (Å²) >= 11 is 0. The Labute approximate surface area is 83.3 Å². The lowest BCUT2D eigenvalue weighted by atomic mass is 9.82. The molecule has 1 saturated heterocycles. The largest absolute Gasteiger partial charge is 0.314 e. The van der Waals surface area contributed by atoms with Gasteiger partial charge < -0.3 is 5.32 Å². The van der Waals surface area contributed by atoms with Crippen LogP contribution in [-0.4, -0.2) is 12.6 Å². The van der Waals surface area contributed by atoms with Gasteiger partial charge in [0, 0.05) is 6.04 Å². The van der Waals surface area contributed by atoms with Gasteiger partial charge in [-0.3, -0.25) is 0 Å². The lowest BCUT2D eigenvalue weighted by Crippen LogP contribution is -2.24. The van der Waals surface area contributed by atoms with E-state index >= 15 is 0 Å². The van der Waals surface area contributed by atoms with Crippen LogP contribution in [0.4, 0.5) is 0 Å². The molecule has 0 radical (unpaired) electrons. The SMILES string of the molecule is CCC[C@H]1CNC(C)C1CC(C)C. The predicted octanol–water partition coefficient (Wildman–Crippen LogP) is 3.06. The second-order valence-corrected chi connectivity index (χ2v) is 5.04. The molecule has 1 N–H and O–H groups in total. The molecule has 78 valence electrons. The van der Waals surface area contributed by atoms with Gasteiger partial charge in [0.15, 0.2) is 0 Å². The summed E-state index contributed by atoms with van der Waals surface area (Å²) in [5.74, 6) is 2.73. The Hall–Kier alpha value is -0.0400. The van der Waals surface area contributed by atoms with E-state index in [1.54, 1.807) is 0 Å². The Morgan fingerprint density at radius 1 is 1.38 bits per heavy atom. The molecule has 1 heteroatoms. The highest BCUT2D eigenvalue weighted by Crippen LogP contribution is 2.31. The van der Waals surface area contributed by atoms with Crippen LogP contribution in [0.5, 0.6) is 0 Å². The highest BCUT2D eigenvalue weighted by molar-refractivity contribution is 4.87. The van der Waals surface area contributed by atoms with Crippen molar-refractivity contribution in [1.29, 1.82) is 0 Å². The van der Waals surface area contributed by atoms with Crippen molar-refractivity contribution in [2.24, 2.45) is 17.8 Å². The van der Waals surface area contributed by atoms with E-state index in [2.05, 4.69) is 33.0 Å². The third kappa shape index (κ3) is 2.98. The molecule has 0 aromatic carbocycles. The van der Waals surface area contributed by atoms with Crippen LogP contribution in [0, 0.1) is 17.8 Å². The van der Waals surface area contributed by atoms with Crippen molar-refractivity contribution < 1.29 is 0 Å². The zero-order valence-electron chi connectivity index (χ0n) is 9.64. The molecule has 0 aromatic rings.